The fourth-order valence-electron chi connectivity index (χ4n) is 3.93. The zero-order valence-electron chi connectivity index (χ0n) is 17.2. The SMILES string of the molecule is CC(=O)c1ccc(N2CCN(Cc3cc(=O)oc4cc(C)c(C)cc34)CC2)cc1. The Morgan fingerprint density at radius 1 is 0.966 bits per heavy atom. The van der Waals surface area contributed by atoms with Crippen LogP contribution in [-0.2, 0) is 6.54 Å². The van der Waals surface area contributed by atoms with E-state index in [2.05, 4.69) is 22.8 Å². The van der Waals surface area contributed by atoms with Crippen molar-refractivity contribution < 1.29 is 9.21 Å². The highest BCUT2D eigenvalue weighted by Gasteiger charge is 2.19. The highest BCUT2D eigenvalue weighted by Crippen LogP contribution is 2.24. The molecule has 1 aliphatic heterocycles. The fourth-order valence-corrected chi connectivity index (χ4v) is 3.93. The molecule has 5 heteroatoms. The molecule has 0 N–H and O–H groups in total. The molecule has 0 amide bonds. The minimum Gasteiger partial charge on any atom is -0.423 e. The van der Waals surface area contributed by atoms with Crippen molar-refractivity contribution in [2.75, 3.05) is 31.1 Å². The Kier molecular flexibility index (Phi) is 5.24. The van der Waals surface area contributed by atoms with Crippen LogP contribution in [0.15, 0.2) is 51.7 Å². The summed E-state index contributed by atoms with van der Waals surface area (Å²) in [6.07, 6.45) is 0. The number of carbonyl (C=O) groups excluding carboxylic acids is 1. The van der Waals surface area contributed by atoms with E-state index in [4.69, 9.17) is 4.42 Å². The van der Waals surface area contributed by atoms with Gasteiger partial charge >= 0.3 is 5.63 Å². The van der Waals surface area contributed by atoms with Gasteiger partial charge in [-0.25, -0.2) is 4.79 Å². The number of benzene rings is 2. The van der Waals surface area contributed by atoms with E-state index in [1.165, 1.54) is 5.56 Å². The van der Waals surface area contributed by atoms with E-state index in [-0.39, 0.29) is 11.4 Å². The Hall–Kier alpha value is -2.92. The maximum Gasteiger partial charge on any atom is 0.336 e. The molecule has 0 saturated carbocycles. The second kappa shape index (κ2) is 7.84. The minimum absolute atomic E-state index is 0.0892. The minimum atomic E-state index is -0.292. The summed E-state index contributed by atoms with van der Waals surface area (Å²) in [5.74, 6) is 0.0892. The highest BCUT2D eigenvalue weighted by molar-refractivity contribution is 5.94. The third-order valence-corrected chi connectivity index (χ3v) is 5.85. The van der Waals surface area contributed by atoms with Crippen molar-refractivity contribution in [2.45, 2.75) is 27.3 Å². The largest absolute Gasteiger partial charge is 0.423 e. The summed E-state index contributed by atoms with van der Waals surface area (Å²) in [6, 6.07) is 13.5. The number of nitrogens with zero attached hydrogens (tertiary/aromatic N) is 2. The monoisotopic (exact) mass is 390 g/mol. The first-order valence-corrected chi connectivity index (χ1v) is 10.0. The standard InChI is InChI=1S/C24H26N2O3/c1-16-12-22-20(14-24(28)29-23(22)13-17(16)2)15-25-8-10-26(11-9-25)21-6-4-19(5-7-21)18(3)27/h4-7,12-14H,8-11,15H2,1-3H3. The number of rotatable bonds is 4. The molecule has 4 rings (SSSR count). The Labute approximate surface area is 170 Å². The first-order chi connectivity index (χ1) is 13.9. The Balaban J connectivity index is 1.48. The maximum absolute atomic E-state index is 12.0. The average molecular weight is 390 g/mol. The van der Waals surface area contributed by atoms with Gasteiger partial charge < -0.3 is 9.32 Å². The Morgan fingerprint density at radius 2 is 1.62 bits per heavy atom. The molecule has 3 aromatic rings. The molecule has 29 heavy (non-hydrogen) atoms. The van der Waals surface area contributed by atoms with Crippen molar-refractivity contribution in [3.05, 3.63) is 75.1 Å². The number of hydrogen-bond donors (Lipinski definition) is 0. The van der Waals surface area contributed by atoms with Gasteiger partial charge in [0.25, 0.3) is 0 Å². The lowest BCUT2D eigenvalue weighted by atomic mass is 10.0. The number of hydrogen-bond acceptors (Lipinski definition) is 5. The van der Waals surface area contributed by atoms with E-state index >= 15 is 0 Å². The van der Waals surface area contributed by atoms with Crippen LogP contribution < -0.4 is 10.5 Å². The summed E-state index contributed by atoms with van der Waals surface area (Å²) >= 11 is 0. The molecular weight excluding hydrogens is 364 g/mol. The predicted octanol–water partition coefficient (Wildman–Crippen LogP) is 3.93. The van der Waals surface area contributed by atoms with Gasteiger partial charge in [-0.05, 0) is 73.9 Å². The topological polar surface area (TPSA) is 53.8 Å². The van der Waals surface area contributed by atoms with Crippen molar-refractivity contribution in [2.24, 2.45) is 0 Å². The first kappa shape index (κ1) is 19.4. The lowest BCUT2D eigenvalue weighted by Crippen LogP contribution is -2.46. The van der Waals surface area contributed by atoms with E-state index in [0.717, 1.165) is 60.5 Å². The van der Waals surface area contributed by atoms with Crippen LogP contribution in [0.2, 0.25) is 0 Å². The second-order valence-corrected chi connectivity index (χ2v) is 7.89. The summed E-state index contributed by atoms with van der Waals surface area (Å²) in [5.41, 5.74) is 5.62. The van der Waals surface area contributed by atoms with Crippen LogP contribution in [0, 0.1) is 13.8 Å². The number of anilines is 1. The molecule has 1 aromatic heterocycles. The third kappa shape index (κ3) is 4.10. The molecule has 0 aliphatic carbocycles. The van der Waals surface area contributed by atoms with Gasteiger partial charge in [-0.3, -0.25) is 9.69 Å². The number of fused-ring (bicyclic) bond motifs is 1. The van der Waals surface area contributed by atoms with Gasteiger partial charge in [-0.2, -0.15) is 0 Å². The van der Waals surface area contributed by atoms with Gasteiger partial charge in [0.15, 0.2) is 5.78 Å². The van der Waals surface area contributed by atoms with Gasteiger partial charge in [0.1, 0.15) is 5.58 Å². The lowest BCUT2D eigenvalue weighted by Gasteiger charge is -2.36. The summed E-state index contributed by atoms with van der Waals surface area (Å²) in [6.45, 7) is 10.1. The molecule has 1 aliphatic rings. The summed E-state index contributed by atoms with van der Waals surface area (Å²) < 4.78 is 5.42. The zero-order chi connectivity index (χ0) is 20.5. The van der Waals surface area contributed by atoms with Crippen LogP contribution >= 0.6 is 0 Å². The number of piperazine rings is 1. The molecule has 1 saturated heterocycles. The Morgan fingerprint density at radius 3 is 2.28 bits per heavy atom. The Bertz CT molecular complexity index is 1110. The van der Waals surface area contributed by atoms with Crippen molar-refractivity contribution in [3.8, 4) is 0 Å². The average Bonchev–Trinajstić information content (AvgIpc) is 2.70. The molecule has 0 bridgehead atoms. The molecule has 5 nitrogen and oxygen atoms in total. The quantitative estimate of drug-likeness (QED) is 0.499. The molecular formula is C24H26N2O3. The van der Waals surface area contributed by atoms with E-state index in [9.17, 15) is 9.59 Å². The maximum atomic E-state index is 12.0. The molecule has 0 spiro atoms. The number of ketones is 1. The van der Waals surface area contributed by atoms with Crippen molar-refractivity contribution >= 4 is 22.4 Å². The number of Topliss-reactive ketones (excluding diaryl/α,β-unsaturated/α-hetero) is 1. The normalized spacial score (nSPS) is 15.1. The van der Waals surface area contributed by atoms with Gasteiger partial charge in [-0.15, -0.1) is 0 Å². The van der Waals surface area contributed by atoms with E-state index in [1.807, 2.05) is 37.3 Å². The van der Waals surface area contributed by atoms with Gasteiger partial charge in [0.2, 0.25) is 0 Å². The van der Waals surface area contributed by atoms with Crippen LogP contribution in [0.1, 0.15) is 34.0 Å². The van der Waals surface area contributed by atoms with Gasteiger partial charge in [0.05, 0.1) is 0 Å². The number of aryl methyl sites for hydroxylation is 2. The molecule has 0 unspecified atom stereocenters. The van der Waals surface area contributed by atoms with Crippen LogP contribution in [-0.4, -0.2) is 36.9 Å². The predicted molar refractivity (Wildman–Crippen MR) is 116 cm³/mol. The third-order valence-electron chi connectivity index (χ3n) is 5.85. The molecule has 2 heterocycles. The first-order valence-electron chi connectivity index (χ1n) is 10.0. The van der Waals surface area contributed by atoms with Crippen molar-refractivity contribution in [3.63, 3.8) is 0 Å². The van der Waals surface area contributed by atoms with Crippen LogP contribution in [0.3, 0.4) is 0 Å². The summed E-state index contributed by atoms with van der Waals surface area (Å²) in [4.78, 5) is 28.2. The molecule has 1 fully saturated rings. The van der Waals surface area contributed by atoms with E-state index in [1.54, 1.807) is 13.0 Å². The van der Waals surface area contributed by atoms with Crippen molar-refractivity contribution in [1.29, 1.82) is 0 Å². The molecule has 0 atom stereocenters. The summed E-state index contributed by atoms with van der Waals surface area (Å²) in [5, 5.41) is 1.02. The van der Waals surface area contributed by atoms with Crippen LogP contribution in [0.4, 0.5) is 5.69 Å². The lowest BCUT2D eigenvalue weighted by molar-refractivity contribution is 0.101. The fraction of sp³-hybridized carbons (Fsp3) is 0.333. The van der Waals surface area contributed by atoms with Crippen LogP contribution in [0.5, 0.6) is 0 Å². The smallest absolute Gasteiger partial charge is 0.336 e. The van der Waals surface area contributed by atoms with Gasteiger partial charge in [0, 0.05) is 55.4 Å². The summed E-state index contributed by atoms with van der Waals surface area (Å²) in [7, 11) is 0. The highest BCUT2D eigenvalue weighted by atomic mass is 16.4. The van der Waals surface area contributed by atoms with Gasteiger partial charge in [-0.1, -0.05) is 0 Å². The molecule has 150 valence electrons. The van der Waals surface area contributed by atoms with Crippen LogP contribution in [0.25, 0.3) is 11.0 Å². The molecule has 0 radical (unpaired) electrons. The molecule has 2 aromatic carbocycles. The zero-order valence-corrected chi connectivity index (χ0v) is 17.2. The van der Waals surface area contributed by atoms with Crippen molar-refractivity contribution in [1.82, 2.24) is 4.90 Å². The number of carbonyl (C=O) groups is 1. The van der Waals surface area contributed by atoms with E-state index in [0.29, 0.717) is 5.58 Å². The van der Waals surface area contributed by atoms with E-state index < -0.39 is 0 Å². The second-order valence-electron chi connectivity index (χ2n) is 7.89.